The number of rotatable bonds is 4. The van der Waals surface area contributed by atoms with Gasteiger partial charge in [0.1, 0.15) is 0 Å². The number of piperidine rings is 1. The Morgan fingerprint density at radius 3 is 3.00 bits per heavy atom. The van der Waals surface area contributed by atoms with Gasteiger partial charge in [0.2, 0.25) is 0 Å². The van der Waals surface area contributed by atoms with Crippen LogP contribution in [-0.4, -0.2) is 43.4 Å². The van der Waals surface area contributed by atoms with Crippen molar-refractivity contribution in [2.75, 3.05) is 6.54 Å². The minimum atomic E-state index is 0.0649. The second-order valence-electron chi connectivity index (χ2n) is 5.34. The Hall–Kier alpha value is -2.24. The predicted molar refractivity (Wildman–Crippen MR) is 77.6 cm³/mol. The minimum absolute atomic E-state index is 0.0649. The fraction of sp³-hybridized carbons (Fsp3) is 0.467. The Labute approximate surface area is 123 Å². The molecule has 6 nitrogen and oxygen atoms in total. The zero-order chi connectivity index (χ0) is 14.5. The summed E-state index contributed by atoms with van der Waals surface area (Å²) in [5.41, 5.74) is 0.621. The van der Waals surface area contributed by atoms with Crippen LogP contribution in [0.15, 0.2) is 36.9 Å². The van der Waals surface area contributed by atoms with Gasteiger partial charge in [-0.1, -0.05) is 0 Å². The van der Waals surface area contributed by atoms with Crippen molar-refractivity contribution in [3.63, 3.8) is 0 Å². The van der Waals surface area contributed by atoms with E-state index in [-0.39, 0.29) is 11.9 Å². The Balaban J connectivity index is 1.67. The SMILES string of the molecule is O=C(c1ccnnc1)N1CCCC[C@H]1CCn1cccn1. The summed E-state index contributed by atoms with van der Waals surface area (Å²) in [7, 11) is 0. The van der Waals surface area contributed by atoms with Crippen LogP contribution in [0, 0.1) is 0 Å². The highest BCUT2D eigenvalue weighted by molar-refractivity contribution is 5.94. The molecule has 3 rings (SSSR count). The van der Waals surface area contributed by atoms with E-state index in [1.807, 2.05) is 21.8 Å². The van der Waals surface area contributed by atoms with E-state index in [9.17, 15) is 4.79 Å². The maximum Gasteiger partial charge on any atom is 0.255 e. The van der Waals surface area contributed by atoms with E-state index in [0.717, 1.165) is 32.4 Å². The lowest BCUT2D eigenvalue weighted by molar-refractivity contribution is 0.0593. The lowest BCUT2D eigenvalue weighted by Crippen LogP contribution is -2.44. The number of carbonyl (C=O) groups excluding carboxylic acids is 1. The van der Waals surface area contributed by atoms with E-state index in [1.54, 1.807) is 24.7 Å². The molecular weight excluding hydrogens is 266 g/mol. The first-order valence-electron chi connectivity index (χ1n) is 7.40. The van der Waals surface area contributed by atoms with Crippen LogP contribution in [-0.2, 0) is 6.54 Å². The lowest BCUT2D eigenvalue weighted by Gasteiger charge is -2.35. The molecule has 3 heterocycles. The molecule has 0 N–H and O–H groups in total. The van der Waals surface area contributed by atoms with Crippen molar-refractivity contribution in [2.45, 2.75) is 38.3 Å². The van der Waals surface area contributed by atoms with Crippen molar-refractivity contribution in [2.24, 2.45) is 0 Å². The van der Waals surface area contributed by atoms with Crippen molar-refractivity contribution in [1.82, 2.24) is 24.9 Å². The fourth-order valence-electron chi connectivity index (χ4n) is 2.87. The second kappa shape index (κ2) is 6.47. The van der Waals surface area contributed by atoms with Gasteiger partial charge in [-0.15, -0.1) is 0 Å². The monoisotopic (exact) mass is 285 g/mol. The molecule has 2 aromatic rings. The van der Waals surface area contributed by atoms with Crippen molar-refractivity contribution >= 4 is 5.91 Å². The third-order valence-corrected chi connectivity index (χ3v) is 3.97. The molecule has 0 aliphatic carbocycles. The van der Waals surface area contributed by atoms with Crippen molar-refractivity contribution < 1.29 is 4.79 Å². The summed E-state index contributed by atoms with van der Waals surface area (Å²) in [6.45, 7) is 1.67. The van der Waals surface area contributed by atoms with Crippen LogP contribution in [0.25, 0.3) is 0 Å². The molecule has 0 saturated carbocycles. The summed E-state index contributed by atoms with van der Waals surface area (Å²) in [4.78, 5) is 14.6. The molecule has 1 aliphatic rings. The highest BCUT2D eigenvalue weighted by Crippen LogP contribution is 2.22. The van der Waals surface area contributed by atoms with E-state index in [4.69, 9.17) is 0 Å². The van der Waals surface area contributed by atoms with E-state index >= 15 is 0 Å². The Morgan fingerprint density at radius 2 is 2.24 bits per heavy atom. The molecule has 1 aliphatic heterocycles. The Morgan fingerprint density at radius 1 is 1.29 bits per heavy atom. The highest BCUT2D eigenvalue weighted by Gasteiger charge is 2.27. The topological polar surface area (TPSA) is 63.9 Å². The molecule has 0 bridgehead atoms. The fourth-order valence-corrected chi connectivity index (χ4v) is 2.87. The number of carbonyl (C=O) groups is 1. The molecule has 21 heavy (non-hydrogen) atoms. The summed E-state index contributed by atoms with van der Waals surface area (Å²) < 4.78 is 1.92. The first-order valence-corrected chi connectivity index (χ1v) is 7.40. The van der Waals surface area contributed by atoms with Crippen LogP contribution >= 0.6 is 0 Å². The van der Waals surface area contributed by atoms with E-state index in [1.165, 1.54) is 6.42 Å². The van der Waals surface area contributed by atoms with E-state index in [2.05, 4.69) is 15.3 Å². The maximum atomic E-state index is 12.6. The van der Waals surface area contributed by atoms with Crippen LogP contribution in [0.5, 0.6) is 0 Å². The van der Waals surface area contributed by atoms with Gasteiger partial charge in [0.15, 0.2) is 0 Å². The zero-order valence-corrected chi connectivity index (χ0v) is 11.9. The van der Waals surface area contributed by atoms with E-state index < -0.39 is 0 Å². The van der Waals surface area contributed by atoms with Gasteiger partial charge in [-0.25, -0.2) is 0 Å². The molecule has 1 saturated heterocycles. The lowest BCUT2D eigenvalue weighted by atomic mass is 9.98. The average molecular weight is 285 g/mol. The number of nitrogens with zero attached hydrogens (tertiary/aromatic N) is 5. The van der Waals surface area contributed by atoms with Crippen LogP contribution in [0.4, 0.5) is 0 Å². The summed E-state index contributed by atoms with van der Waals surface area (Å²) in [5, 5.41) is 11.8. The van der Waals surface area contributed by atoms with Crippen LogP contribution < -0.4 is 0 Å². The Kier molecular flexibility index (Phi) is 4.23. The zero-order valence-electron chi connectivity index (χ0n) is 11.9. The van der Waals surface area contributed by atoms with Gasteiger partial charge in [-0.2, -0.15) is 15.3 Å². The smallest absolute Gasteiger partial charge is 0.255 e. The largest absolute Gasteiger partial charge is 0.336 e. The standard InChI is InChI=1S/C15H19N5O/c21-15(13-5-8-16-17-12-13)20-10-2-1-4-14(20)6-11-19-9-3-7-18-19/h3,5,7-9,12,14H,1-2,4,6,10-11H2/t14-/m0/s1. The molecule has 1 amide bonds. The van der Waals surface area contributed by atoms with Gasteiger partial charge in [0.25, 0.3) is 5.91 Å². The van der Waals surface area contributed by atoms with Crippen LogP contribution in [0.2, 0.25) is 0 Å². The second-order valence-corrected chi connectivity index (χ2v) is 5.34. The average Bonchev–Trinajstić information content (AvgIpc) is 3.07. The third-order valence-electron chi connectivity index (χ3n) is 3.97. The van der Waals surface area contributed by atoms with Gasteiger partial charge in [-0.05, 0) is 37.8 Å². The summed E-state index contributed by atoms with van der Waals surface area (Å²) in [6, 6.07) is 3.93. The van der Waals surface area contributed by atoms with Crippen molar-refractivity contribution in [3.05, 3.63) is 42.5 Å². The minimum Gasteiger partial charge on any atom is -0.336 e. The molecule has 0 aromatic carbocycles. The molecule has 0 unspecified atom stereocenters. The molecule has 2 aromatic heterocycles. The normalized spacial score (nSPS) is 18.7. The van der Waals surface area contributed by atoms with Gasteiger partial charge in [-0.3, -0.25) is 9.48 Å². The number of aromatic nitrogens is 4. The number of hydrogen-bond donors (Lipinski definition) is 0. The van der Waals surface area contributed by atoms with Crippen molar-refractivity contribution in [1.29, 1.82) is 0 Å². The number of likely N-dealkylation sites (tertiary alicyclic amines) is 1. The third kappa shape index (κ3) is 3.26. The van der Waals surface area contributed by atoms with Crippen LogP contribution in [0.1, 0.15) is 36.0 Å². The predicted octanol–water partition coefficient (Wildman–Crippen LogP) is 1.76. The van der Waals surface area contributed by atoms with Gasteiger partial charge in [0, 0.05) is 31.5 Å². The molecule has 110 valence electrons. The quantitative estimate of drug-likeness (QED) is 0.858. The Bertz CT molecular complexity index is 569. The summed E-state index contributed by atoms with van der Waals surface area (Å²) in [5.74, 6) is 0.0649. The number of aryl methyl sites for hydroxylation is 1. The molecule has 6 heteroatoms. The molecule has 1 atom stereocenters. The van der Waals surface area contributed by atoms with E-state index in [0.29, 0.717) is 5.56 Å². The summed E-state index contributed by atoms with van der Waals surface area (Å²) >= 11 is 0. The van der Waals surface area contributed by atoms with Crippen molar-refractivity contribution in [3.8, 4) is 0 Å². The molecule has 1 fully saturated rings. The van der Waals surface area contributed by atoms with Gasteiger partial charge in [0.05, 0.1) is 18.0 Å². The first-order chi connectivity index (χ1) is 10.3. The summed E-state index contributed by atoms with van der Waals surface area (Å²) in [6.07, 6.45) is 11.1. The van der Waals surface area contributed by atoms with Crippen LogP contribution in [0.3, 0.4) is 0 Å². The maximum absolute atomic E-state index is 12.6. The first kappa shape index (κ1) is 13.7. The number of hydrogen-bond acceptors (Lipinski definition) is 4. The molecule has 0 radical (unpaired) electrons. The number of amides is 1. The highest BCUT2D eigenvalue weighted by atomic mass is 16.2. The van der Waals surface area contributed by atoms with Gasteiger partial charge < -0.3 is 4.90 Å². The van der Waals surface area contributed by atoms with Gasteiger partial charge >= 0.3 is 0 Å². The molecule has 0 spiro atoms. The molecular formula is C15H19N5O.